The number of ether oxygens (including phenoxy) is 2. The van der Waals surface area contributed by atoms with Crippen LogP contribution in [0.3, 0.4) is 0 Å². The van der Waals surface area contributed by atoms with E-state index in [9.17, 15) is 29.1 Å². The number of carboxylic acids is 1. The number of nitrogens with zero attached hydrogens (tertiary/aromatic N) is 3. The van der Waals surface area contributed by atoms with Crippen molar-refractivity contribution in [3.63, 3.8) is 0 Å². The predicted octanol–water partition coefficient (Wildman–Crippen LogP) is 3.10. The lowest BCUT2D eigenvalue weighted by molar-refractivity contribution is -0.176. The van der Waals surface area contributed by atoms with E-state index in [2.05, 4.69) is 0 Å². The van der Waals surface area contributed by atoms with Crippen LogP contribution in [0.25, 0.3) is 0 Å². The zero-order valence-corrected chi connectivity index (χ0v) is 22.0. The zero-order valence-electron chi connectivity index (χ0n) is 22.0. The molecule has 2 atom stereocenters. The predicted molar refractivity (Wildman–Crippen MR) is 137 cm³/mol. The number of carbonyl (C=O) groups excluding carboxylic acids is 4. The van der Waals surface area contributed by atoms with E-state index in [0.29, 0.717) is 6.42 Å². The van der Waals surface area contributed by atoms with Gasteiger partial charge in [0, 0.05) is 6.54 Å². The SMILES string of the molecule is CC(C)(C)OC(=O)N1CCCC(C(=O)O)N1C(=O)[C@H](COCc1ccccc1)N1C(=O)c2ccccc2C1=O. The lowest BCUT2D eigenvalue weighted by Crippen LogP contribution is -2.65. The Morgan fingerprint density at radius 1 is 0.974 bits per heavy atom. The van der Waals surface area contributed by atoms with Crippen LogP contribution in [0.15, 0.2) is 54.6 Å². The van der Waals surface area contributed by atoms with Crippen LogP contribution in [-0.2, 0) is 25.7 Å². The highest BCUT2D eigenvalue weighted by atomic mass is 16.6. The molecule has 2 aromatic carbocycles. The van der Waals surface area contributed by atoms with E-state index < -0.39 is 54.1 Å². The third-order valence-electron chi connectivity index (χ3n) is 6.33. The molecular weight excluding hydrogens is 506 g/mol. The first kappa shape index (κ1) is 27.8. The summed E-state index contributed by atoms with van der Waals surface area (Å²) in [7, 11) is 0. The van der Waals surface area contributed by atoms with E-state index in [1.54, 1.807) is 32.9 Å². The van der Waals surface area contributed by atoms with Crippen molar-refractivity contribution in [2.24, 2.45) is 0 Å². The standard InChI is InChI=1S/C28H31N3O8/c1-28(2,3)39-27(37)29-15-9-14-21(26(35)36)31(29)25(34)22(17-38-16-18-10-5-4-6-11-18)30-23(32)19-12-7-8-13-20(19)24(30)33/h4-8,10-13,21-22H,9,14-17H2,1-3H3,(H,35,36)/t21?,22-/m0/s1. The molecule has 11 heteroatoms. The van der Waals surface area contributed by atoms with Gasteiger partial charge in [0.25, 0.3) is 17.7 Å². The number of benzene rings is 2. The second-order valence-electron chi connectivity index (χ2n) is 10.3. The van der Waals surface area contributed by atoms with Crippen LogP contribution in [-0.4, -0.2) is 80.6 Å². The number of amides is 4. The molecule has 1 N–H and O–H groups in total. The van der Waals surface area contributed by atoms with Crippen LogP contribution < -0.4 is 0 Å². The molecule has 4 amide bonds. The quantitative estimate of drug-likeness (QED) is 0.533. The molecule has 39 heavy (non-hydrogen) atoms. The van der Waals surface area contributed by atoms with Crippen molar-refractivity contribution in [1.29, 1.82) is 0 Å². The first-order valence-corrected chi connectivity index (χ1v) is 12.6. The van der Waals surface area contributed by atoms with Gasteiger partial charge in [-0.2, -0.15) is 0 Å². The summed E-state index contributed by atoms with van der Waals surface area (Å²) in [6, 6.07) is 12.3. The number of carbonyl (C=O) groups is 5. The maximum Gasteiger partial charge on any atom is 0.429 e. The lowest BCUT2D eigenvalue weighted by atomic mass is 10.1. The Hall–Kier alpha value is -4.25. The van der Waals surface area contributed by atoms with Gasteiger partial charge in [0.15, 0.2) is 6.04 Å². The van der Waals surface area contributed by atoms with Gasteiger partial charge in [-0.25, -0.2) is 19.6 Å². The average molecular weight is 538 g/mol. The fraction of sp³-hybridized carbons (Fsp3) is 0.393. The molecule has 0 aromatic heterocycles. The molecule has 2 aliphatic rings. The topological polar surface area (TPSA) is 134 Å². The molecule has 2 heterocycles. The van der Waals surface area contributed by atoms with Gasteiger partial charge in [-0.15, -0.1) is 0 Å². The van der Waals surface area contributed by atoms with Gasteiger partial charge >= 0.3 is 12.1 Å². The normalized spacial score (nSPS) is 18.1. The zero-order chi connectivity index (χ0) is 28.3. The maximum absolute atomic E-state index is 14.2. The minimum absolute atomic E-state index is 0.0180. The molecule has 4 rings (SSSR count). The Labute approximate surface area is 225 Å². The summed E-state index contributed by atoms with van der Waals surface area (Å²) in [5.41, 5.74) is 0.132. The number of imide groups is 1. The number of fused-ring (bicyclic) bond motifs is 1. The smallest absolute Gasteiger partial charge is 0.429 e. The molecule has 0 saturated carbocycles. The lowest BCUT2D eigenvalue weighted by Gasteiger charge is -2.44. The van der Waals surface area contributed by atoms with E-state index in [0.717, 1.165) is 20.5 Å². The first-order chi connectivity index (χ1) is 18.5. The Morgan fingerprint density at radius 2 is 1.56 bits per heavy atom. The molecule has 0 bridgehead atoms. The van der Waals surface area contributed by atoms with Gasteiger partial charge in [-0.1, -0.05) is 42.5 Å². The Bertz CT molecular complexity index is 1240. The van der Waals surface area contributed by atoms with Crippen molar-refractivity contribution in [2.75, 3.05) is 13.2 Å². The van der Waals surface area contributed by atoms with Gasteiger partial charge in [0.2, 0.25) is 0 Å². The van der Waals surface area contributed by atoms with E-state index in [1.807, 2.05) is 30.3 Å². The van der Waals surface area contributed by atoms with Crippen LogP contribution in [0.5, 0.6) is 0 Å². The van der Waals surface area contributed by atoms with Gasteiger partial charge < -0.3 is 14.6 Å². The number of hydrazine groups is 1. The second kappa shape index (κ2) is 11.2. The Morgan fingerprint density at radius 3 is 2.13 bits per heavy atom. The number of hydrogen-bond donors (Lipinski definition) is 1. The van der Waals surface area contributed by atoms with E-state index >= 15 is 0 Å². The van der Waals surface area contributed by atoms with Crippen molar-refractivity contribution >= 4 is 29.8 Å². The van der Waals surface area contributed by atoms with Gasteiger partial charge in [0.05, 0.1) is 24.3 Å². The summed E-state index contributed by atoms with van der Waals surface area (Å²) < 4.78 is 11.2. The highest BCUT2D eigenvalue weighted by Crippen LogP contribution is 2.29. The van der Waals surface area contributed by atoms with Crippen LogP contribution in [0.1, 0.15) is 59.9 Å². The maximum atomic E-state index is 14.2. The number of hydrogen-bond acceptors (Lipinski definition) is 7. The van der Waals surface area contributed by atoms with Gasteiger partial charge in [-0.3, -0.25) is 19.3 Å². The fourth-order valence-electron chi connectivity index (χ4n) is 4.59. The Balaban J connectivity index is 1.70. The monoisotopic (exact) mass is 537 g/mol. The van der Waals surface area contributed by atoms with Crippen molar-refractivity contribution in [3.8, 4) is 0 Å². The second-order valence-corrected chi connectivity index (χ2v) is 10.3. The van der Waals surface area contributed by atoms with Crippen molar-refractivity contribution < 1.29 is 38.6 Å². The van der Waals surface area contributed by atoms with Crippen LogP contribution in [0.2, 0.25) is 0 Å². The van der Waals surface area contributed by atoms with E-state index in [4.69, 9.17) is 9.47 Å². The number of rotatable bonds is 7. The summed E-state index contributed by atoms with van der Waals surface area (Å²) in [6.07, 6.45) is -0.532. The molecule has 1 unspecified atom stereocenters. The highest BCUT2D eigenvalue weighted by molar-refractivity contribution is 6.23. The minimum atomic E-state index is -1.54. The van der Waals surface area contributed by atoms with Crippen molar-refractivity contribution in [3.05, 3.63) is 71.3 Å². The van der Waals surface area contributed by atoms with Crippen molar-refractivity contribution in [2.45, 2.75) is 57.9 Å². The summed E-state index contributed by atoms with van der Waals surface area (Å²) in [5.74, 6) is -3.67. The molecule has 1 fully saturated rings. The highest BCUT2D eigenvalue weighted by Gasteiger charge is 2.49. The molecule has 0 aliphatic carbocycles. The van der Waals surface area contributed by atoms with E-state index in [-0.39, 0.29) is 30.7 Å². The summed E-state index contributed by atoms with van der Waals surface area (Å²) >= 11 is 0. The largest absolute Gasteiger partial charge is 0.480 e. The van der Waals surface area contributed by atoms with Crippen LogP contribution in [0, 0.1) is 0 Å². The van der Waals surface area contributed by atoms with Crippen LogP contribution in [0.4, 0.5) is 4.79 Å². The summed E-state index contributed by atoms with van der Waals surface area (Å²) in [4.78, 5) is 66.9. The molecule has 2 aromatic rings. The molecule has 206 valence electrons. The first-order valence-electron chi connectivity index (χ1n) is 12.6. The molecule has 0 radical (unpaired) electrons. The number of carboxylic acid groups (broad SMARTS) is 1. The fourth-order valence-corrected chi connectivity index (χ4v) is 4.59. The number of aliphatic carboxylic acids is 1. The van der Waals surface area contributed by atoms with Crippen molar-refractivity contribution in [1.82, 2.24) is 14.9 Å². The molecule has 1 saturated heterocycles. The van der Waals surface area contributed by atoms with Gasteiger partial charge in [-0.05, 0) is 51.3 Å². The minimum Gasteiger partial charge on any atom is -0.480 e. The Kier molecular flexibility index (Phi) is 8.01. The molecule has 11 nitrogen and oxygen atoms in total. The molecule has 0 spiro atoms. The van der Waals surface area contributed by atoms with Gasteiger partial charge in [0.1, 0.15) is 11.6 Å². The van der Waals surface area contributed by atoms with E-state index in [1.165, 1.54) is 12.1 Å². The summed E-state index contributed by atoms with van der Waals surface area (Å²) in [5, 5.41) is 11.7. The molecular formula is C28H31N3O8. The van der Waals surface area contributed by atoms with Crippen LogP contribution >= 0.6 is 0 Å². The molecule has 2 aliphatic heterocycles. The average Bonchev–Trinajstić information content (AvgIpc) is 3.15. The third-order valence-corrected chi connectivity index (χ3v) is 6.33. The summed E-state index contributed by atoms with van der Waals surface area (Å²) in [6.45, 7) is 4.62. The third kappa shape index (κ3) is 5.93.